The van der Waals surface area contributed by atoms with Crippen LogP contribution in [0.2, 0.25) is 0 Å². The van der Waals surface area contributed by atoms with Crippen LogP contribution in [0.4, 0.5) is 0 Å². The predicted molar refractivity (Wildman–Crippen MR) is 27.5 cm³/mol. The molecule has 0 radical (unpaired) electrons. The molecule has 0 fully saturated rings. The lowest BCUT2D eigenvalue weighted by atomic mass is 10.5. The fourth-order valence-corrected chi connectivity index (χ4v) is 0.250. The van der Waals surface area contributed by atoms with E-state index in [1.54, 1.807) is 0 Å². The van der Waals surface area contributed by atoms with Gasteiger partial charge >= 0.3 is 5.97 Å². The van der Waals surface area contributed by atoms with Gasteiger partial charge in [-0.05, 0) is 0 Å². The molecule has 0 atom stereocenters. The van der Waals surface area contributed by atoms with E-state index in [-0.39, 0.29) is 6.07 Å². The molecule has 0 rings (SSSR count). The van der Waals surface area contributed by atoms with Gasteiger partial charge in [-0.3, -0.25) is 4.79 Å². The van der Waals surface area contributed by atoms with Gasteiger partial charge in [0.05, 0.1) is 0 Å². The molecule has 0 bridgehead atoms. The number of hydrogen-bond acceptors (Lipinski definition) is 3. The van der Waals surface area contributed by atoms with Crippen molar-refractivity contribution >= 4 is 23.4 Å². The number of halogens is 1. The van der Waals surface area contributed by atoms with Crippen LogP contribution in [-0.4, -0.2) is 17.8 Å². The molecular weight excluding hydrogens is 131 g/mol. The molecule has 0 spiro atoms. The zero-order chi connectivity index (χ0) is 6.57. The summed E-state index contributed by atoms with van der Waals surface area (Å²) in [6.45, 7) is 1.12. The van der Waals surface area contributed by atoms with Crippen molar-refractivity contribution in [2.45, 2.75) is 6.92 Å². The van der Waals surface area contributed by atoms with Crippen LogP contribution in [0, 0.1) is 0 Å². The number of carbonyl (C=O) groups excluding carboxylic acids is 2. The van der Waals surface area contributed by atoms with Gasteiger partial charge in [0.15, 0.2) is 6.07 Å². The summed E-state index contributed by atoms with van der Waals surface area (Å²) in [7, 11) is 0. The Labute approximate surface area is 51.6 Å². The summed E-state index contributed by atoms with van der Waals surface area (Å²) in [5.74, 6) is -1.52. The van der Waals surface area contributed by atoms with Crippen molar-refractivity contribution in [2.24, 2.45) is 0 Å². The van der Waals surface area contributed by atoms with Crippen molar-refractivity contribution in [3.63, 3.8) is 0 Å². The first-order chi connectivity index (χ1) is 3.68. The van der Waals surface area contributed by atoms with Crippen LogP contribution in [-0.2, 0) is 14.3 Å². The summed E-state index contributed by atoms with van der Waals surface area (Å²) < 4.78 is 4.08. The number of rotatable bonds is 2. The van der Waals surface area contributed by atoms with Gasteiger partial charge in [-0.1, -0.05) is 11.6 Å². The maximum atomic E-state index is 10.1. The molecule has 0 saturated heterocycles. The van der Waals surface area contributed by atoms with Gasteiger partial charge in [0.1, 0.15) is 0 Å². The smallest absolute Gasteiger partial charge is 0.375 e. The number of Topliss-reactive ketones (excluding diaryl/α,β-unsaturated/α-hetero) is 1. The highest BCUT2D eigenvalue weighted by Crippen LogP contribution is 1.81. The van der Waals surface area contributed by atoms with Crippen LogP contribution in [0.1, 0.15) is 6.92 Å². The predicted octanol–water partition coefficient (Wildman–Crippen LogP) is 0.315. The summed E-state index contributed by atoms with van der Waals surface area (Å²) in [5.41, 5.74) is 0. The fourth-order valence-electron chi connectivity index (χ4n) is 0.151. The second kappa shape index (κ2) is 3.43. The van der Waals surface area contributed by atoms with Gasteiger partial charge in [0.25, 0.3) is 0 Å². The van der Waals surface area contributed by atoms with E-state index in [0.29, 0.717) is 0 Å². The van der Waals surface area contributed by atoms with E-state index in [1.807, 2.05) is 0 Å². The monoisotopic (exact) mass is 136 g/mol. The largest absolute Gasteiger partial charge is 0.444 e. The Bertz CT molecular complexity index is 110. The Morgan fingerprint density at radius 3 is 2.25 bits per heavy atom. The van der Waals surface area contributed by atoms with Crippen LogP contribution < -0.4 is 0 Å². The molecule has 0 aromatic carbocycles. The molecule has 8 heavy (non-hydrogen) atoms. The lowest BCUT2D eigenvalue weighted by Gasteiger charge is -1.91. The third kappa shape index (κ3) is 2.58. The normalized spacial score (nSPS) is 8.25. The van der Waals surface area contributed by atoms with Crippen molar-refractivity contribution in [3.05, 3.63) is 0 Å². The number of ketones is 1. The van der Waals surface area contributed by atoms with Crippen LogP contribution in [0.15, 0.2) is 0 Å². The molecule has 0 heterocycles. The minimum absolute atomic E-state index is 0.265. The fraction of sp³-hybridized carbons (Fsp3) is 0.500. The van der Waals surface area contributed by atoms with Crippen molar-refractivity contribution in [2.75, 3.05) is 6.07 Å². The molecule has 3 nitrogen and oxygen atoms in total. The molecule has 0 aromatic rings. The maximum Gasteiger partial charge on any atom is 0.375 e. The van der Waals surface area contributed by atoms with E-state index in [9.17, 15) is 9.59 Å². The van der Waals surface area contributed by atoms with Crippen LogP contribution in [0.25, 0.3) is 0 Å². The quantitative estimate of drug-likeness (QED) is 0.312. The Balaban J connectivity index is 3.49. The molecule has 0 aliphatic rings. The number of carbonyl (C=O) groups is 2. The van der Waals surface area contributed by atoms with Gasteiger partial charge in [-0.15, -0.1) is 0 Å². The summed E-state index contributed by atoms with van der Waals surface area (Å²) in [6.07, 6.45) is 0. The zero-order valence-electron chi connectivity index (χ0n) is 4.31. The van der Waals surface area contributed by atoms with E-state index in [4.69, 9.17) is 11.6 Å². The molecule has 0 aliphatic heterocycles. The average molecular weight is 137 g/mol. The standard InChI is InChI=1S/C4H5ClO3/c1-3(6)4(7)8-2-5/h2H2,1H3. The van der Waals surface area contributed by atoms with E-state index in [2.05, 4.69) is 4.74 Å². The number of alkyl halides is 1. The molecule has 0 unspecified atom stereocenters. The molecule has 0 amide bonds. The summed E-state index contributed by atoms with van der Waals surface area (Å²) in [5, 5.41) is 0. The summed E-state index contributed by atoms with van der Waals surface area (Å²) in [4.78, 5) is 20.1. The molecule has 0 N–H and O–H groups in total. The first kappa shape index (κ1) is 7.43. The van der Waals surface area contributed by atoms with E-state index < -0.39 is 11.8 Å². The van der Waals surface area contributed by atoms with Crippen molar-refractivity contribution < 1.29 is 14.3 Å². The van der Waals surface area contributed by atoms with Crippen molar-refractivity contribution in [3.8, 4) is 0 Å². The van der Waals surface area contributed by atoms with Gasteiger partial charge in [-0.25, -0.2) is 4.79 Å². The minimum Gasteiger partial charge on any atom is -0.444 e. The first-order valence-electron chi connectivity index (χ1n) is 1.92. The second-order valence-electron chi connectivity index (χ2n) is 1.10. The average Bonchev–Trinajstić information content (AvgIpc) is 1.67. The number of hydrogen-bond donors (Lipinski definition) is 0. The molecule has 0 saturated carbocycles. The van der Waals surface area contributed by atoms with Crippen LogP contribution in [0.3, 0.4) is 0 Å². The van der Waals surface area contributed by atoms with Gasteiger partial charge < -0.3 is 4.74 Å². The lowest BCUT2D eigenvalue weighted by molar-refractivity contribution is -0.151. The highest BCUT2D eigenvalue weighted by Gasteiger charge is 2.05. The minimum atomic E-state index is -0.889. The third-order valence-electron chi connectivity index (χ3n) is 0.473. The summed E-state index contributed by atoms with van der Waals surface area (Å²) >= 11 is 4.95. The highest BCUT2D eigenvalue weighted by molar-refractivity contribution is 6.33. The van der Waals surface area contributed by atoms with E-state index in [1.165, 1.54) is 0 Å². The topological polar surface area (TPSA) is 43.4 Å². The highest BCUT2D eigenvalue weighted by atomic mass is 35.5. The first-order valence-corrected chi connectivity index (χ1v) is 2.45. The van der Waals surface area contributed by atoms with Crippen LogP contribution >= 0.6 is 11.6 Å². The summed E-state index contributed by atoms with van der Waals surface area (Å²) in [6, 6.07) is -0.265. The Kier molecular flexibility index (Phi) is 3.19. The maximum absolute atomic E-state index is 10.1. The van der Waals surface area contributed by atoms with E-state index >= 15 is 0 Å². The molecule has 0 aliphatic carbocycles. The van der Waals surface area contributed by atoms with Crippen molar-refractivity contribution in [1.82, 2.24) is 0 Å². The second-order valence-corrected chi connectivity index (χ2v) is 1.32. The Morgan fingerprint density at radius 1 is 1.62 bits per heavy atom. The molecule has 4 heteroatoms. The SMILES string of the molecule is CC(=O)C(=O)OCCl. The van der Waals surface area contributed by atoms with Gasteiger partial charge in [0, 0.05) is 6.92 Å². The Morgan fingerprint density at radius 2 is 2.12 bits per heavy atom. The third-order valence-corrected chi connectivity index (χ3v) is 0.582. The molecule has 0 aromatic heterocycles. The zero-order valence-corrected chi connectivity index (χ0v) is 5.07. The Hall–Kier alpha value is -0.570. The number of esters is 1. The van der Waals surface area contributed by atoms with Gasteiger partial charge in [0.2, 0.25) is 5.78 Å². The number of ether oxygens (including phenoxy) is 1. The molecular formula is C4H5ClO3. The van der Waals surface area contributed by atoms with Crippen molar-refractivity contribution in [1.29, 1.82) is 0 Å². The van der Waals surface area contributed by atoms with E-state index in [0.717, 1.165) is 6.92 Å². The lowest BCUT2D eigenvalue weighted by Crippen LogP contribution is -2.12. The van der Waals surface area contributed by atoms with Crippen LogP contribution in [0.5, 0.6) is 0 Å². The van der Waals surface area contributed by atoms with Gasteiger partial charge in [-0.2, -0.15) is 0 Å². The molecule has 46 valence electrons.